The number of hydrogen-bond acceptors (Lipinski definition) is 1. The van der Waals surface area contributed by atoms with Crippen LogP contribution in [0.2, 0.25) is 0 Å². The van der Waals surface area contributed by atoms with Gasteiger partial charge in [-0.1, -0.05) is 42.8 Å². The highest BCUT2D eigenvalue weighted by Crippen LogP contribution is 2.42. The predicted molar refractivity (Wildman–Crippen MR) is 70.5 cm³/mol. The van der Waals surface area contributed by atoms with Crippen molar-refractivity contribution in [2.24, 2.45) is 11.1 Å². The van der Waals surface area contributed by atoms with Crippen LogP contribution < -0.4 is 5.73 Å². The van der Waals surface area contributed by atoms with Crippen molar-refractivity contribution in [2.75, 3.05) is 0 Å². The molecule has 0 radical (unpaired) electrons. The first-order valence-corrected chi connectivity index (χ1v) is 6.40. The van der Waals surface area contributed by atoms with E-state index in [9.17, 15) is 18.0 Å². The summed E-state index contributed by atoms with van der Waals surface area (Å²) in [7, 11) is 0. The first-order chi connectivity index (χ1) is 8.44. The zero-order valence-corrected chi connectivity index (χ0v) is 12.4. The van der Waals surface area contributed by atoms with E-state index >= 15 is 0 Å². The van der Waals surface area contributed by atoms with Gasteiger partial charge in [-0.05, 0) is 23.1 Å². The zero-order valence-electron chi connectivity index (χ0n) is 10.8. The van der Waals surface area contributed by atoms with Gasteiger partial charge in [0.05, 0.1) is 11.5 Å². The molecule has 0 aliphatic heterocycles. The standard InChI is InChI=1S/C13H15BrF3NO/c1-12(2,3)10(11(18)19)8-5-4-7(14)6-9(8)13(15,16)17/h4-6,10H,1-3H3,(H2,18,19). The molecule has 1 atom stereocenters. The Hall–Kier alpha value is -1.04. The Balaban J connectivity index is 3.52. The normalized spacial score (nSPS) is 14.3. The maximum absolute atomic E-state index is 13.1. The van der Waals surface area contributed by atoms with E-state index < -0.39 is 29.0 Å². The SMILES string of the molecule is CC(C)(C)C(C(N)=O)c1ccc(Br)cc1C(F)(F)F. The third kappa shape index (κ3) is 3.72. The average Bonchev–Trinajstić information content (AvgIpc) is 2.16. The molecule has 1 unspecified atom stereocenters. The molecule has 0 aliphatic rings. The number of halogens is 4. The molecule has 0 saturated carbocycles. The van der Waals surface area contributed by atoms with Crippen molar-refractivity contribution in [1.82, 2.24) is 0 Å². The quantitative estimate of drug-likeness (QED) is 0.867. The van der Waals surface area contributed by atoms with Crippen LogP contribution in [0.5, 0.6) is 0 Å². The third-order valence-electron chi connectivity index (χ3n) is 2.78. The minimum atomic E-state index is -4.53. The van der Waals surface area contributed by atoms with Crippen LogP contribution in [-0.2, 0) is 11.0 Å². The molecular weight excluding hydrogens is 323 g/mol. The van der Waals surface area contributed by atoms with Crippen LogP contribution >= 0.6 is 15.9 Å². The second kappa shape index (κ2) is 5.15. The largest absolute Gasteiger partial charge is 0.416 e. The fourth-order valence-corrected chi connectivity index (χ4v) is 2.43. The summed E-state index contributed by atoms with van der Waals surface area (Å²) in [6, 6.07) is 3.75. The second-order valence-electron chi connectivity index (χ2n) is 5.43. The predicted octanol–water partition coefficient (Wildman–Crippen LogP) is 4.08. The van der Waals surface area contributed by atoms with Crippen molar-refractivity contribution in [1.29, 1.82) is 0 Å². The van der Waals surface area contributed by atoms with Crippen LogP contribution in [0.15, 0.2) is 22.7 Å². The van der Waals surface area contributed by atoms with Crippen LogP contribution in [0.3, 0.4) is 0 Å². The lowest BCUT2D eigenvalue weighted by Crippen LogP contribution is -2.33. The first kappa shape index (κ1) is 16.0. The Morgan fingerprint density at radius 3 is 2.16 bits per heavy atom. The van der Waals surface area contributed by atoms with Crippen molar-refractivity contribution in [2.45, 2.75) is 32.9 Å². The summed E-state index contributed by atoms with van der Waals surface area (Å²) in [5.74, 6) is -1.77. The van der Waals surface area contributed by atoms with Gasteiger partial charge in [0.25, 0.3) is 0 Å². The number of rotatable bonds is 2. The highest BCUT2D eigenvalue weighted by Gasteiger charge is 2.40. The number of carbonyl (C=O) groups excluding carboxylic acids is 1. The van der Waals surface area contributed by atoms with E-state index in [-0.39, 0.29) is 5.56 Å². The maximum Gasteiger partial charge on any atom is 0.416 e. The molecule has 106 valence electrons. The van der Waals surface area contributed by atoms with Crippen molar-refractivity contribution in [3.05, 3.63) is 33.8 Å². The van der Waals surface area contributed by atoms with Gasteiger partial charge < -0.3 is 5.73 Å². The van der Waals surface area contributed by atoms with Crippen LogP contribution in [0.25, 0.3) is 0 Å². The van der Waals surface area contributed by atoms with Crippen LogP contribution in [-0.4, -0.2) is 5.91 Å². The van der Waals surface area contributed by atoms with Gasteiger partial charge in [0.2, 0.25) is 5.91 Å². The molecule has 1 rings (SSSR count). The van der Waals surface area contributed by atoms with Crippen LogP contribution in [0, 0.1) is 5.41 Å². The Kier molecular flexibility index (Phi) is 4.34. The zero-order chi connectivity index (χ0) is 15.0. The molecule has 0 aromatic heterocycles. The van der Waals surface area contributed by atoms with E-state index in [1.54, 1.807) is 20.8 Å². The number of carbonyl (C=O) groups is 1. The van der Waals surface area contributed by atoms with Crippen molar-refractivity contribution >= 4 is 21.8 Å². The second-order valence-corrected chi connectivity index (χ2v) is 6.35. The van der Waals surface area contributed by atoms with Crippen molar-refractivity contribution in [3.63, 3.8) is 0 Å². The van der Waals surface area contributed by atoms with Gasteiger partial charge in [-0.3, -0.25) is 4.79 Å². The lowest BCUT2D eigenvalue weighted by Gasteiger charge is -2.30. The molecular formula is C13H15BrF3NO. The molecule has 0 saturated heterocycles. The monoisotopic (exact) mass is 337 g/mol. The Morgan fingerprint density at radius 1 is 1.26 bits per heavy atom. The summed E-state index contributed by atoms with van der Waals surface area (Å²) >= 11 is 3.01. The molecule has 1 aromatic carbocycles. The lowest BCUT2D eigenvalue weighted by atomic mass is 9.74. The van der Waals surface area contributed by atoms with E-state index in [2.05, 4.69) is 15.9 Å². The molecule has 2 N–H and O–H groups in total. The molecule has 0 spiro atoms. The van der Waals surface area contributed by atoms with Gasteiger partial charge in [0, 0.05) is 4.47 Å². The topological polar surface area (TPSA) is 43.1 Å². The van der Waals surface area contributed by atoms with Gasteiger partial charge in [0.15, 0.2) is 0 Å². The molecule has 0 aliphatic carbocycles. The Morgan fingerprint density at radius 2 is 1.79 bits per heavy atom. The first-order valence-electron chi connectivity index (χ1n) is 5.60. The molecule has 2 nitrogen and oxygen atoms in total. The van der Waals surface area contributed by atoms with E-state index in [4.69, 9.17) is 5.73 Å². The minimum absolute atomic E-state index is 0.0873. The molecule has 19 heavy (non-hydrogen) atoms. The molecule has 1 amide bonds. The summed E-state index contributed by atoms with van der Waals surface area (Å²) in [6.07, 6.45) is -4.53. The number of alkyl halides is 3. The highest BCUT2D eigenvalue weighted by atomic mass is 79.9. The number of nitrogens with two attached hydrogens (primary N) is 1. The van der Waals surface area contributed by atoms with Gasteiger partial charge in [-0.15, -0.1) is 0 Å². The Labute approximate surface area is 118 Å². The van der Waals surface area contributed by atoms with Gasteiger partial charge in [0.1, 0.15) is 0 Å². The number of hydrogen-bond donors (Lipinski definition) is 1. The minimum Gasteiger partial charge on any atom is -0.369 e. The number of amides is 1. The summed E-state index contributed by atoms with van der Waals surface area (Å²) < 4.78 is 39.5. The average molecular weight is 338 g/mol. The third-order valence-corrected chi connectivity index (χ3v) is 3.28. The summed E-state index contributed by atoms with van der Waals surface area (Å²) in [5, 5.41) is 0. The van der Waals surface area contributed by atoms with Gasteiger partial charge >= 0.3 is 6.18 Å². The maximum atomic E-state index is 13.1. The molecule has 6 heteroatoms. The number of benzene rings is 1. The van der Waals surface area contributed by atoms with Crippen LogP contribution in [0.1, 0.15) is 37.8 Å². The van der Waals surface area contributed by atoms with Gasteiger partial charge in [-0.2, -0.15) is 13.2 Å². The summed E-state index contributed by atoms with van der Waals surface area (Å²) in [5.41, 5.74) is 3.67. The lowest BCUT2D eigenvalue weighted by molar-refractivity contribution is -0.139. The van der Waals surface area contributed by atoms with E-state index in [0.29, 0.717) is 4.47 Å². The van der Waals surface area contributed by atoms with E-state index in [0.717, 1.165) is 6.07 Å². The smallest absolute Gasteiger partial charge is 0.369 e. The molecule has 0 bridgehead atoms. The van der Waals surface area contributed by atoms with E-state index in [1.165, 1.54) is 12.1 Å². The van der Waals surface area contributed by atoms with Crippen molar-refractivity contribution < 1.29 is 18.0 Å². The summed E-state index contributed by atoms with van der Waals surface area (Å²) in [4.78, 5) is 11.6. The van der Waals surface area contributed by atoms with Crippen molar-refractivity contribution in [3.8, 4) is 0 Å². The molecule has 1 aromatic rings. The van der Waals surface area contributed by atoms with Gasteiger partial charge in [-0.25, -0.2) is 0 Å². The summed E-state index contributed by atoms with van der Waals surface area (Å²) in [6.45, 7) is 5.06. The van der Waals surface area contributed by atoms with E-state index in [1.807, 2.05) is 0 Å². The Bertz CT molecular complexity index is 492. The fourth-order valence-electron chi connectivity index (χ4n) is 2.07. The number of primary amides is 1. The molecule has 0 fully saturated rings. The highest BCUT2D eigenvalue weighted by molar-refractivity contribution is 9.10. The van der Waals surface area contributed by atoms with Crippen LogP contribution in [0.4, 0.5) is 13.2 Å². The fraction of sp³-hybridized carbons (Fsp3) is 0.462. The molecule has 0 heterocycles.